The van der Waals surface area contributed by atoms with Crippen molar-refractivity contribution in [3.63, 3.8) is 0 Å². The molecule has 0 amide bonds. The van der Waals surface area contributed by atoms with Gasteiger partial charge in [0.1, 0.15) is 0 Å². The van der Waals surface area contributed by atoms with E-state index in [9.17, 15) is 5.53 Å². The molecule has 0 spiro atoms. The van der Waals surface area contributed by atoms with Crippen LogP contribution in [0.3, 0.4) is 0 Å². The summed E-state index contributed by atoms with van der Waals surface area (Å²) >= 11 is 0. The topological polar surface area (TPSA) is 25.3 Å². The zero-order valence-electron chi connectivity index (χ0n) is 22.8. The molecule has 0 bridgehead atoms. The fourth-order valence-electron chi connectivity index (χ4n) is 5.07. The molecule has 0 fully saturated rings. The third kappa shape index (κ3) is 8.84. The molecular formula is C33H46N2Ni. The van der Waals surface area contributed by atoms with E-state index in [1.54, 1.807) is 0 Å². The predicted molar refractivity (Wildman–Crippen MR) is 151 cm³/mol. The van der Waals surface area contributed by atoms with Gasteiger partial charge in [-0.1, -0.05) is 96.4 Å². The van der Waals surface area contributed by atoms with Gasteiger partial charge in [0.15, 0.2) is 0 Å². The Morgan fingerprint density at radius 2 is 1.14 bits per heavy atom. The van der Waals surface area contributed by atoms with Crippen LogP contribution in [0.15, 0.2) is 60.2 Å². The molecular weight excluding hydrogens is 483 g/mol. The summed E-state index contributed by atoms with van der Waals surface area (Å²) < 4.78 is 1.46. The summed E-state index contributed by atoms with van der Waals surface area (Å²) in [7, 11) is 0. The van der Waals surface area contributed by atoms with Crippen LogP contribution in [0.2, 0.25) is 0 Å². The van der Waals surface area contributed by atoms with Crippen molar-refractivity contribution in [1.82, 2.24) is 0 Å². The van der Waals surface area contributed by atoms with Crippen LogP contribution in [0.4, 0.5) is 0 Å². The summed E-state index contributed by atoms with van der Waals surface area (Å²) in [4.78, 5) is 0. The van der Waals surface area contributed by atoms with Crippen LogP contribution in [0, 0.1) is 0 Å². The smallest absolute Gasteiger partial charge is 0.210 e. The molecule has 0 saturated carbocycles. The maximum Gasteiger partial charge on any atom is 0.210 e. The van der Waals surface area contributed by atoms with E-state index in [0.717, 1.165) is 48.2 Å². The summed E-state index contributed by atoms with van der Waals surface area (Å²) in [6.45, 7) is 6.75. The van der Waals surface area contributed by atoms with E-state index >= 15 is 0 Å². The van der Waals surface area contributed by atoms with Gasteiger partial charge < -0.3 is 5.53 Å². The summed E-state index contributed by atoms with van der Waals surface area (Å²) in [5.41, 5.74) is 19.5. The van der Waals surface area contributed by atoms with Crippen molar-refractivity contribution < 1.29 is 21.2 Å². The first-order chi connectivity index (χ1) is 17.2. The van der Waals surface area contributed by atoms with E-state index < -0.39 is 0 Å². The zero-order valence-corrected chi connectivity index (χ0v) is 23.8. The van der Waals surface area contributed by atoms with Crippen LogP contribution in [-0.2, 0) is 29.3 Å². The Kier molecular flexibility index (Phi) is 14.0. The largest absolute Gasteiger partial charge is 0.493 e. The molecule has 198 valence electrons. The van der Waals surface area contributed by atoms with Gasteiger partial charge in [0, 0.05) is 39.3 Å². The van der Waals surface area contributed by atoms with Gasteiger partial charge in [0.25, 0.3) is 0 Å². The van der Waals surface area contributed by atoms with Gasteiger partial charge in [0.05, 0.1) is 0 Å². The number of benzene rings is 2. The normalized spacial score (nSPS) is 13.2. The van der Waals surface area contributed by atoms with Crippen LogP contribution < -0.4 is 0 Å². The molecule has 0 saturated heterocycles. The maximum absolute atomic E-state index is 11.4. The van der Waals surface area contributed by atoms with Gasteiger partial charge >= 0.3 is 0 Å². The number of hydrogen-bond donors (Lipinski definition) is 0. The Morgan fingerprint density at radius 3 is 1.83 bits per heavy atom. The first-order valence-electron chi connectivity index (χ1n) is 14.3. The zero-order chi connectivity index (χ0) is 24.9. The molecule has 0 aliphatic carbocycles. The van der Waals surface area contributed by atoms with Crippen LogP contribution in [0.25, 0.3) is 16.9 Å². The van der Waals surface area contributed by atoms with Crippen molar-refractivity contribution in [2.45, 2.75) is 111 Å². The Hall–Kier alpha value is -1.99. The van der Waals surface area contributed by atoms with Crippen molar-refractivity contribution in [1.29, 1.82) is 0 Å². The van der Waals surface area contributed by atoms with E-state index in [2.05, 4.69) is 75.4 Å². The second-order valence-electron chi connectivity index (χ2n) is 10.2. The van der Waals surface area contributed by atoms with Gasteiger partial charge in [-0.05, 0) is 73.9 Å². The van der Waals surface area contributed by atoms with E-state index in [0.29, 0.717) is 0 Å². The summed E-state index contributed by atoms with van der Waals surface area (Å²) in [5.74, 6) is 0. The van der Waals surface area contributed by atoms with Gasteiger partial charge in [0.2, 0.25) is 11.4 Å². The number of hydrogen-bond acceptors (Lipinski definition) is 0. The fourth-order valence-corrected chi connectivity index (χ4v) is 5.07. The average Bonchev–Trinajstić information content (AvgIpc) is 3.21. The average molecular weight is 529 g/mol. The molecule has 3 heteroatoms. The molecule has 0 atom stereocenters. The van der Waals surface area contributed by atoms with Gasteiger partial charge in [-0.25, -0.2) is 4.70 Å². The quantitative estimate of drug-likeness (QED) is 0.117. The molecule has 2 aromatic rings. The molecule has 1 aliphatic rings. The predicted octanol–water partition coefficient (Wildman–Crippen LogP) is 10.3. The van der Waals surface area contributed by atoms with Crippen LogP contribution in [-0.4, -0.2) is 4.70 Å². The van der Waals surface area contributed by atoms with E-state index in [4.69, 9.17) is 0 Å². The van der Waals surface area contributed by atoms with Crippen LogP contribution in [0.5, 0.6) is 0 Å². The van der Waals surface area contributed by atoms with E-state index in [1.807, 2.05) is 0 Å². The summed E-state index contributed by atoms with van der Waals surface area (Å²) in [6.07, 6.45) is 19.3. The number of unbranched alkanes of at least 4 members (excludes halogenated alkanes) is 8. The first kappa shape index (κ1) is 30.2. The van der Waals surface area contributed by atoms with Crippen LogP contribution in [0.1, 0.15) is 120 Å². The maximum atomic E-state index is 11.4. The van der Waals surface area contributed by atoms with Crippen molar-refractivity contribution >= 4 is 11.4 Å². The first-order valence-corrected chi connectivity index (χ1v) is 14.3. The van der Waals surface area contributed by atoms with E-state index in [1.165, 1.54) is 85.6 Å². The molecule has 1 heterocycles. The van der Waals surface area contributed by atoms with Crippen molar-refractivity contribution in [3.8, 4) is 0 Å². The van der Waals surface area contributed by atoms with Crippen molar-refractivity contribution in [3.05, 3.63) is 88.0 Å². The Balaban J connectivity index is 0.00000456. The Bertz CT molecular complexity index is 1020. The van der Waals surface area contributed by atoms with Gasteiger partial charge in [-0.15, -0.1) is 0 Å². The number of nitrogens with zero attached hydrogens (tertiary/aromatic N) is 2. The monoisotopic (exact) mass is 528 g/mol. The van der Waals surface area contributed by atoms with Crippen molar-refractivity contribution in [2.75, 3.05) is 0 Å². The molecule has 0 N–H and O–H groups in total. The Labute approximate surface area is 230 Å². The molecule has 0 radical (unpaired) electrons. The van der Waals surface area contributed by atoms with Gasteiger partial charge in [-0.3, -0.25) is 0 Å². The molecule has 3 rings (SSSR count). The minimum absolute atomic E-state index is 0. The summed E-state index contributed by atoms with van der Waals surface area (Å²) in [6, 6.07) is 17.6. The minimum atomic E-state index is 0. The van der Waals surface area contributed by atoms with Gasteiger partial charge in [-0.2, -0.15) is 0 Å². The van der Waals surface area contributed by atoms with Crippen molar-refractivity contribution in [2.24, 2.45) is 0 Å². The summed E-state index contributed by atoms with van der Waals surface area (Å²) in [5, 5.41) is 0. The molecule has 1 aliphatic heterocycles. The second-order valence-corrected chi connectivity index (χ2v) is 10.2. The molecule has 2 aromatic carbocycles. The standard InChI is InChI=1S/C33H46N2.Ni/c1-4-7-10-11-12-14-18-28-19-15-22-29(24-28)32-26-31(21-13-8-5-2)33(35(32)34)30-23-16-20-27(25-30)17-9-6-3;/h15-16,19-20,22-26H,4-14,17-18,21H2,1-3H3;. The second kappa shape index (κ2) is 16.7. The molecule has 36 heavy (non-hydrogen) atoms. The minimum Gasteiger partial charge on any atom is -0.493 e. The number of rotatable bonds is 16. The number of aryl methyl sites for hydroxylation is 2. The van der Waals surface area contributed by atoms with E-state index in [-0.39, 0.29) is 16.5 Å². The molecule has 0 unspecified atom stereocenters. The third-order valence-electron chi connectivity index (χ3n) is 7.17. The van der Waals surface area contributed by atoms with Crippen LogP contribution >= 0.6 is 0 Å². The third-order valence-corrected chi connectivity index (χ3v) is 7.17. The molecule has 2 nitrogen and oxygen atoms in total. The fraction of sp³-hybridized carbons (Fsp3) is 0.515. The SMILES string of the molecule is CCCCCCCCc1cccc(C2=CC(CCCCC)=C(c3cccc(CCCC)c3)[N+]2=[N-])c1.[Ni]. The molecule has 0 aromatic heterocycles. The number of allylic oxidation sites excluding steroid dienone is 2. The Morgan fingerprint density at radius 1 is 0.611 bits per heavy atom.